The molecule has 0 saturated carbocycles. The predicted octanol–water partition coefficient (Wildman–Crippen LogP) is 1.34. The number of aryl methyl sites for hydroxylation is 1. The Balaban J connectivity index is 0.000000257. The van der Waals surface area contributed by atoms with Gasteiger partial charge in [-0.25, -0.2) is 8.78 Å². The smallest absolute Gasteiger partial charge is 0.294 e. The SMILES string of the molecule is CC(N)C(=O)N1CC(F)(F)C[C@H]1C#N.Cc1ccc(S(=O)(=O)O)cc1. The number of benzene rings is 1. The van der Waals surface area contributed by atoms with Gasteiger partial charge in [-0.1, -0.05) is 17.7 Å². The molecule has 0 aromatic heterocycles. The quantitative estimate of drug-likeness (QED) is 0.752. The van der Waals surface area contributed by atoms with Gasteiger partial charge in [-0.3, -0.25) is 9.35 Å². The first-order valence-corrected chi connectivity index (χ1v) is 8.69. The van der Waals surface area contributed by atoms with Gasteiger partial charge in [0, 0.05) is 6.42 Å². The van der Waals surface area contributed by atoms with Crippen LogP contribution in [0.4, 0.5) is 8.78 Å². The Morgan fingerprint density at radius 2 is 1.96 bits per heavy atom. The van der Waals surface area contributed by atoms with Gasteiger partial charge in [-0.2, -0.15) is 13.7 Å². The second kappa shape index (κ2) is 7.86. The fourth-order valence-electron chi connectivity index (χ4n) is 2.14. The van der Waals surface area contributed by atoms with Crippen LogP contribution in [0.5, 0.6) is 0 Å². The number of nitrogens with two attached hydrogens (primary N) is 1. The molecule has 1 aliphatic rings. The van der Waals surface area contributed by atoms with Gasteiger partial charge in [0.2, 0.25) is 5.91 Å². The Kier molecular flexibility index (Phi) is 6.59. The van der Waals surface area contributed by atoms with Crippen LogP contribution < -0.4 is 5.73 Å². The minimum absolute atomic E-state index is 0.0666. The van der Waals surface area contributed by atoms with Crippen LogP contribution in [0.15, 0.2) is 29.2 Å². The number of nitriles is 1. The highest BCUT2D eigenvalue weighted by atomic mass is 32.2. The molecular weight excluding hydrogens is 356 g/mol. The van der Waals surface area contributed by atoms with Gasteiger partial charge in [0.1, 0.15) is 6.04 Å². The Hall–Kier alpha value is -2.09. The van der Waals surface area contributed by atoms with E-state index in [0.717, 1.165) is 10.5 Å². The first kappa shape index (κ1) is 21.0. The predicted molar refractivity (Wildman–Crippen MR) is 85.3 cm³/mol. The van der Waals surface area contributed by atoms with Gasteiger partial charge >= 0.3 is 0 Å². The lowest BCUT2D eigenvalue weighted by atomic mass is 10.2. The van der Waals surface area contributed by atoms with E-state index in [0.29, 0.717) is 0 Å². The van der Waals surface area contributed by atoms with Gasteiger partial charge in [-0.15, -0.1) is 0 Å². The second-order valence-corrected chi connectivity index (χ2v) is 7.17. The molecule has 1 heterocycles. The van der Waals surface area contributed by atoms with Crippen molar-refractivity contribution in [1.29, 1.82) is 5.26 Å². The van der Waals surface area contributed by atoms with Gasteiger partial charge in [0.25, 0.3) is 16.0 Å². The third kappa shape index (κ3) is 6.04. The fraction of sp³-hybridized carbons (Fsp3) is 0.467. The highest BCUT2D eigenvalue weighted by molar-refractivity contribution is 7.85. The number of halogens is 2. The van der Waals surface area contributed by atoms with Crippen molar-refractivity contribution in [3.05, 3.63) is 29.8 Å². The number of rotatable bonds is 2. The van der Waals surface area contributed by atoms with Crippen molar-refractivity contribution in [1.82, 2.24) is 4.90 Å². The van der Waals surface area contributed by atoms with E-state index in [2.05, 4.69) is 0 Å². The molecule has 7 nitrogen and oxygen atoms in total. The summed E-state index contributed by atoms with van der Waals surface area (Å²) in [5.41, 5.74) is 6.23. The maximum absolute atomic E-state index is 12.9. The average Bonchev–Trinajstić information content (AvgIpc) is 2.81. The van der Waals surface area contributed by atoms with Gasteiger partial charge in [-0.05, 0) is 26.0 Å². The molecule has 25 heavy (non-hydrogen) atoms. The van der Waals surface area contributed by atoms with E-state index in [1.165, 1.54) is 19.1 Å². The Morgan fingerprint density at radius 3 is 2.36 bits per heavy atom. The van der Waals surface area contributed by atoms with Crippen LogP contribution >= 0.6 is 0 Å². The molecule has 0 bridgehead atoms. The van der Waals surface area contributed by atoms with E-state index in [9.17, 15) is 22.0 Å². The van der Waals surface area contributed by atoms with Crippen LogP contribution in [0, 0.1) is 18.3 Å². The lowest BCUT2D eigenvalue weighted by Gasteiger charge is -2.20. The lowest BCUT2D eigenvalue weighted by Crippen LogP contribution is -2.44. The third-order valence-electron chi connectivity index (χ3n) is 3.41. The number of nitrogens with zero attached hydrogens (tertiary/aromatic N) is 2. The number of carbonyl (C=O) groups excluding carboxylic acids is 1. The molecule has 0 radical (unpaired) electrons. The molecule has 3 N–H and O–H groups in total. The van der Waals surface area contributed by atoms with Crippen LogP contribution in [0.2, 0.25) is 0 Å². The summed E-state index contributed by atoms with van der Waals surface area (Å²) >= 11 is 0. The van der Waals surface area contributed by atoms with Crippen molar-refractivity contribution < 1.29 is 26.5 Å². The number of amides is 1. The number of likely N-dealkylation sites (tertiary alicyclic amines) is 1. The molecule has 0 spiro atoms. The normalized spacial score (nSPS) is 20.2. The van der Waals surface area contributed by atoms with E-state index in [-0.39, 0.29) is 4.90 Å². The van der Waals surface area contributed by atoms with Crippen molar-refractivity contribution in [2.45, 2.75) is 43.2 Å². The van der Waals surface area contributed by atoms with Gasteiger partial charge in [0.15, 0.2) is 0 Å². The number of hydrogen-bond donors (Lipinski definition) is 2. The Labute approximate surface area is 144 Å². The van der Waals surface area contributed by atoms with E-state index < -0.39 is 47.0 Å². The summed E-state index contributed by atoms with van der Waals surface area (Å²) in [5, 5.41) is 8.58. The molecule has 138 valence electrons. The zero-order chi connectivity index (χ0) is 19.4. The molecule has 2 rings (SSSR count). The first-order chi connectivity index (χ1) is 11.4. The van der Waals surface area contributed by atoms with Crippen molar-refractivity contribution >= 4 is 16.0 Å². The van der Waals surface area contributed by atoms with Crippen LogP contribution in [0.1, 0.15) is 18.9 Å². The lowest BCUT2D eigenvalue weighted by molar-refractivity contribution is -0.133. The number of carbonyl (C=O) groups is 1. The fourth-order valence-corrected chi connectivity index (χ4v) is 2.62. The summed E-state index contributed by atoms with van der Waals surface area (Å²) in [4.78, 5) is 12.1. The van der Waals surface area contributed by atoms with Gasteiger partial charge in [0.05, 0.1) is 23.6 Å². The summed E-state index contributed by atoms with van der Waals surface area (Å²) in [6, 6.07) is 5.76. The first-order valence-electron chi connectivity index (χ1n) is 7.25. The van der Waals surface area contributed by atoms with E-state index in [1.54, 1.807) is 18.2 Å². The van der Waals surface area contributed by atoms with Crippen LogP contribution in [-0.2, 0) is 14.9 Å². The largest absolute Gasteiger partial charge is 0.320 e. The van der Waals surface area contributed by atoms with Crippen molar-refractivity contribution in [3.63, 3.8) is 0 Å². The monoisotopic (exact) mass is 375 g/mol. The molecule has 0 aliphatic carbocycles. The molecule has 1 saturated heterocycles. The minimum Gasteiger partial charge on any atom is -0.320 e. The molecule has 1 fully saturated rings. The van der Waals surface area contributed by atoms with Crippen LogP contribution in [-0.4, -0.2) is 48.3 Å². The zero-order valence-corrected chi connectivity index (χ0v) is 14.5. The zero-order valence-electron chi connectivity index (χ0n) is 13.7. The van der Waals surface area contributed by atoms with E-state index in [1.807, 2.05) is 6.92 Å². The van der Waals surface area contributed by atoms with E-state index in [4.69, 9.17) is 15.5 Å². The molecular formula is C15H19F2N3O4S. The maximum atomic E-state index is 12.9. The summed E-state index contributed by atoms with van der Waals surface area (Å²) in [5.74, 6) is -3.57. The summed E-state index contributed by atoms with van der Waals surface area (Å²) in [6.45, 7) is 2.55. The minimum atomic E-state index is -4.02. The summed E-state index contributed by atoms with van der Waals surface area (Å²) in [6.07, 6.45) is -0.595. The molecule has 1 aromatic rings. The van der Waals surface area contributed by atoms with Gasteiger partial charge < -0.3 is 10.6 Å². The number of alkyl halides is 2. The molecule has 1 amide bonds. The molecule has 1 unspecified atom stereocenters. The maximum Gasteiger partial charge on any atom is 0.294 e. The molecule has 2 atom stereocenters. The van der Waals surface area contributed by atoms with Crippen LogP contribution in [0.3, 0.4) is 0 Å². The third-order valence-corrected chi connectivity index (χ3v) is 4.28. The molecule has 1 aliphatic heterocycles. The Morgan fingerprint density at radius 1 is 1.44 bits per heavy atom. The Bertz CT molecular complexity index is 758. The second-order valence-electron chi connectivity index (χ2n) is 5.75. The highest BCUT2D eigenvalue weighted by Crippen LogP contribution is 2.31. The topological polar surface area (TPSA) is 124 Å². The summed E-state index contributed by atoms with van der Waals surface area (Å²) in [7, 11) is -4.02. The molecule has 10 heteroatoms. The van der Waals surface area contributed by atoms with Crippen LogP contribution in [0.25, 0.3) is 0 Å². The highest BCUT2D eigenvalue weighted by Gasteiger charge is 2.47. The van der Waals surface area contributed by atoms with Crippen molar-refractivity contribution in [2.75, 3.05) is 6.54 Å². The van der Waals surface area contributed by atoms with Crippen molar-refractivity contribution in [2.24, 2.45) is 5.73 Å². The number of hydrogen-bond acceptors (Lipinski definition) is 5. The molecule has 1 aromatic carbocycles. The average molecular weight is 375 g/mol. The van der Waals surface area contributed by atoms with Crippen molar-refractivity contribution in [3.8, 4) is 6.07 Å². The van der Waals surface area contributed by atoms with E-state index >= 15 is 0 Å². The standard InChI is InChI=1S/C8H11F2N3O.C7H8O3S/c1-5(12)7(14)13-4-8(9,10)2-6(13)3-11;1-6-2-4-7(5-3-6)11(8,9)10/h5-6H,2,4,12H2,1H3;2-5H,1H3,(H,8,9,10)/t5?,6-;/m0./s1. The summed E-state index contributed by atoms with van der Waals surface area (Å²) < 4.78 is 55.3.